The van der Waals surface area contributed by atoms with Crippen LogP contribution >= 0.6 is 11.3 Å². The van der Waals surface area contributed by atoms with Crippen LogP contribution in [0.25, 0.3) is 6.08 Å². The van der Waals surface area contributed by atoms with Crippen LogP contribution in [0.4, 0.5) is 5.00 Å². The molecule has 0 spiro atoms. The molecule has 0 saturated carbocycles. The van der Waals surface area contributed by atoms with Gasteiger partial charge in [-0.2, -0.15) is 0 Å². The monoisotopic (exact) mass is 429 g/mol. The molecule has 1 aromatic carbocycles. The Balaban J connectivity index is 1.75. The van der Waals surface area contributed by atoms with Gasteiger partial charge in [-0.15, -0.1) is 11.3 Å². The van der Waals surface area contributed by atoms with Crippen LogP contribution in [0.2, 0.25) is 0 Å². The number of aryl methyl sites for hydroxylation is 1. The van der Waals surface area contributed by atoms with Crippen molar-refractivity contribution in [2.45, 2.75) is 39.0 Å². The average molecular weight is 430 g/mol. The molecule has 0 atom stereocenters. The molecule has 2 aromatic rings. The molecule has 1 heterocycles. The number of esters is 1. The van der Waals surface area contributed by atoms with Crippen molar-refractivity contribution < 1.29 is 23.8 Å². The highest BCUT2D eigenvalue weighted by atomic mass is 32.1. The second kappa shape index (κ2) is 10.3. The van der Waals surface area contributed by atoms with E-state index in [0.717, 1.165) is 48.1 Å². The Bertz CT molecular complexity index is 947. The lowest BCUT2D eigenvalue weighted by atomic mass is 9.95. The predicted octanol–water partition coefficient (Wildman–Crippen LogP) is 4.86. The number of hydrogen-bond acceptors (Lipinski definition) is 6. The molecule has 30 heavy (non-hydrogen) atoms. The molecule has 0 bridgehead atoms. The summed E-state index contributed by atoms with van der Waals surface area (Å²) in [7, 11) is 2.95. The molecule has 160 valence electrons. The van der Waals surface area contributed by atoms with Crippen molar-refractivity contribution in [3.63, 3.8) is 0 Å². The third-order valence-corrected chi connectivity index (χ3v) is 6.08. The fourth-order valence-corrected chi connectivity index (χ4v) is 4.70. The van der Waals surface area contributed by atoms with E-state index in [-0.39, 0.29) is 5.91 Å². The quantitative estimate of drug-likeness (QED) is 0.479. The number of hydrogen-bond donors (Lipinski definition) is 1. The lowest BCUT2D eigenvalue weighted by Gasteiger charge is -2.11. The van der Waals surface area contributed by atoms with Gasteiger partial charge in [-0.1, -0.05) is 13.0 Å². The Kier molecular flexibility index (Phi) is 7.52. The van der Waals surface area contributed by atoms with Crippen molar-refractivity contribution in [2.24, 2.45) is 0 Å². The number of benzene rings is 1. The number of carbonyl (C=O) groups excluding carboxylic acids is 2. The molecule has 0 aliphatic heterocycles. The zero-order valence-electron chi connectivity index (χ0n) is 17.6. The zero-order valence-corrected chi connectivity index (χ0v) is 18.4. The molecule has 6 nitrogen and oxygen atoms in total. The second-order valence-electron chi connectivity index (χ2n) is 6.99. The molecule has 0 fully saturated rings. The third-order valence-electron chi connectivity index (χ3n) is 4.87. The number of anilines is 1. The van der Waals surface area contributed by atoms with E-state index in [0.29, 0.717) is 28.7 Å². The Labute approximate surface area is 180 Å². The van der Waals surface area contributed by atoms with E-state index < -0.39 is 5.97 Å². The summed E-state index contributed by atoms with van der Waals surface area (Å²) in [5, 5.41) is 3.42. The Morgan fingerprint density at radius 1 is 1.17 bits per heavy atom. The Morgan fingerprint density at radius 3 is 2.70 bits per heavy atom. The van der Waals surface area contributed by atoms with Gasteiger partial charge < -0.3 is 19.5 Å². The van der Waals surface area contributed by atoms with E-state index in [4.69, 9.17) is 14.2 Å². The summed E-state index contributed by atoms with van der Waals surface area (Å²) in [6.07, 6.45) is 7.97. The predicted molar refractivity (Wildman–Crippen MR) is 119 cm³/mol. The van der Waals surface area contributed by atoms with E-state index in [1.165, 1.54) is 24.5 Å². The van der Waals surface area contributed by atoms with Crippen LogP contribution in [0.3, 0.4) is 0 Å². The first-order chi connectivity index (χ1) is 14.6. The van der Waals surface area contributed by atoms with Gasteiger partial charge in [0.05, 0.1) is 26.4 Å². The molecule has 0 saturated heterocycles. The fourth-order valence-electron chi connectivity index (χ4n) is 3.42. The topological polar surface area (TPSA) is 73.9 Å². The summed E-state index contributed by atoms with van der Waals surface area (Å²) in [6, 6.07) is 5.51. The number of methoxy groups -OCH3 is 2. The number of amides is 1. The highest BCUT2D eigenvalue weighted by molar-refractivity contribution is 7.17. The highest BCUT2D eigenvalue weighted by Gasteiger charge is 2.26. The lowest BCUT2D eigenvalue weighted by Crippen LogP contribution is -2.13. The average Bonchev–Trinajstić information content (AvgIpc) is 3.13. The van der Waals surface area contributed by atoms with Gasteiger partial charge in [-0.3, -0.25) is 4.79 Å². The maximum atomic E-state index is 12.5. The number of thiophene rings is 1. The van der Waals surface area contributed by atoms with Crippen LogP contribution in [-0.4, -0.2) is 32.7 Å². The molecule has 3 rings (SSSR count). The number of carbonyl (C=O) groups is 2. The third kappa shape index (κ3) is 5.02. The van der Waals surface area contributed by atoms with Gasteiger partial charge in [0.15, 0.2) is 11.5 Å². The van der Waals surface area contributed by atoms with Crippen molar-refractivity contribution in [2.75, 3.05) is 26.1 Å². The normalized spacial score (nSPS) is 13.0. The smallest absolute Gasteiger partial charge is 0.341 e. The Hall–Kier alpha value is -2.80. The van der Waals surface area contributed by atoms with Gasteiger partial charge in [0.2, 0.25) is 5.91 Å². The van der Waals surface area contributed by atoms with Gasteiger partial charge >= 0.3 is 5.97 Å². The molecule has 1 N–H and O–H groups in total. The maximum absolute atomic E-state index is 12.5. The van der Waals surface area contributed by atoms with Gasteiger partial charge in [0, 0.05) is 11.0 Å². The molecule has 0 unspecified atom stereocenters. The minimum Gasteiger partial charge on any atom is -0.493 e. The molecule has 1 aliphatic rings. The van der Waals surface area contributed by atoms with Gasteiger partial charge in [-0.05, 0) is 61.4 Å². The van der Waals surface area contributed by atoms with E-state index in [1.54, 1.807) is 13.2 Å². The van der Waals surface area contributed by atoms with Crippen LogP contribution in [0.1, 0.15) is 52.5 Å². The van der Waals surface area contributed by atoms with E-state index in [2.05, 4.69) is 5.32 Å². The summed E-state index contributed by atoms with van der Waals surface area (Å²) >= 11 is 1.47. The summed E-state index contributed by atoms with van der Waals surface area (Å²) in [4.78, 5) is 26.0. The van der Waals surface area contributed by atoms with Crippen molar-refractivity contribution in [3.05, 3.63) is 45.8 Å². The molecule has 7 heteroatoms. The van der Waals surface area contributed by atoms with Crippen molar-refractivity contribution in [3.8, 4) is 11.5 Å². The summed E-state index contributed by atoms with van der Waals surface area (Å²) < 4.78 is 16.0. The molecular formula is C23H27NO5S. The second-order valence-corrected chi connectivity index (χ2v) is 8.09. The molecule has 1 aliphatic carbocycles. The Morgan fingerprint density at radius 2 is 1.97 bits per heavy atom. The first kappa shape index (κ1) is 21.9. The summed E-state index contributed by atoms with van der Waals surface area (Å²) in [5.41, 5.74) is 2.33. The SMILES string of the molecule is CCCOc1ccc(/C=C/C(=O)Nc2sc3c(c2C(=O)OC)CCCC3)cc1OC. The minimum atomic E-state index is -0.402. The van der Waals surface area contributed by atoms with E-state index in [9.17, 15) is 9.59 Å². The van der Waals surface area contributed by atoms with Crippen LogP contribution in [0.15, 0.2) is 24.3 Å². The zero-order chi connectivity index (χ0) is 21.5. The van der Waals surface area contributed by atoms with Crippen molar-refractivity contribution >= 4 is 34.3 Å². The highest BCUT2D eigenvalue weighted by Crippen LogP contribution is 2.38. The van der Waals surface area contributed by atoms with Crippen LogP contribution in [-0.2, 0) is 22.4 Å². The first-order valence-corrected chi connectivity index (χ1v) is 10.9. The molecule has 1 aromatic heterocycles. The summed E-state index contributed by atoms with van der Waals surface area (Å²) in [5.74, 6) is 0.586. The molecule has 1 amide bonds. The standard InChI is InChI=1S/C23H27NO5S/c1-4-13-29-17-11-9-15(14-18(17)27-2)10-12-20(25)24-22-21(23(26)28-3)16-7-5-6-8-19(16)30-22/h9-12,14H,4-8,13H2,1-3H3,(H,24,25)/b12-10+. The van der Waals surface area contributed by atoms with Crippen LogP contribution in [0.5, 0.6) is 11.5 Å². The first-order valence-electron chi connectivity index (χ1n) is 10.1. The van der Waals surface area contributed by atoms with E-state index in [1.807, 2.05) is 25.1 Å². The maximum Gasteiger partial charge on any atom is 0.341 e. The largest absolute Gasteiger partial charge is 0.493 e. The van der Waals surface area contributed by atoms with Gasteiger partial charge in [0.1, 0.15) is 5.00 Å². The van der Waals surface area contributed by atoms with Crippen molar-refractivity contribution in [1.29, 1.82) is 0 Å². The van der Waals surface area contributed by atoms with Gasteiger partial charge in [0.25, 0.3) is 0 Å². The summed E-state index contributed by atoms with van der Waals surface area (Å²) in [6.45, 7) is 2.65. The van der Waals surface area contributed by atoms with Gasteiger partial charge in [-0.25, -0.2) is 4.79 Å². The van der Waals surface area contributed by atoms with Crippen molar-refractivity contribution in [1.82, 2.24) is 0 Å². The van der Waals surface area contributed by atoms with Crippen LogP contribution < -0.4 is 14.8 Å². The number of ether oxygens (including phenoxy) is 3. The lowest BCUT2D eigenvalue weighted by molar-refractivity contribution is -0.111. The minimum absolute atomic E-state index is 0.302. The molecular weight excluding hydrogens is 402 g/mol. The number of nitrogens with one attached hydrogen (secondary N) is 1. The molecule has 0 radical (unpaired) electrons. The van der Waals surface area contributed by atoms with Crippen LogP contribution in [0, 0.1) is 0 Å². The fraction of sp³-hybridized carbons (Fsp3) is 0.391. The number of fused-ring (bicyclic) bond motifs is 1. The number of rotatable bonds is 8. The van der Waals surface area contributed by atoms with E-state index >= 15 is 0 Å².